The van der Waals surface area contributed by atoms with Gasteiger partial charge < -0.3 is 14.2 Å². The van der Waals surface area contributed by atoms with E-state index in [1.54, 1.807) is 16.7 Å². The minimum atomic E-state index is -0.154. The summed E-state index contributed by atoms with van der Waals surface area (Å²) in [5.41, 5.74) is 26.4. The van der Waals surface area contributed by atoms with Crippen molar-refractivity contribution in [2.75, 3.05) is 14.7 Å². The molecule has 4 heterocycles. The van der Waals surface area contributed by atoms with Crippen molar-refractivity contribution in [3.05, 3.63) is 172 Å². The lowest BCUT2D eigenvalue weighted by Gasteiger charge is -2.54. The fraction of sp³-hybridized carbons (Fsp3) is 0.475. The topological polar surface area (TPSA) is 22.9 Å². The molecule has 436 valence electrons. The second-order valence-corrected chi connectivity index (χ2v) is 33.4. The Morgan fingerprint density at radius 3 is 1.81 bits per heavy atom. The van der Waals surface area contributed by atoms with Crippen LogP contribution in [0.4, 0.5) is 40.0 Å². The zero-order valence-electron chi connectivity index (χ0n) is 54.1. The molecule has 3 fully saturated rings. The summed E-state index contributed by atoms with van der Waals surface area (Å²) in [4.78, 5) is 8.45. The molecule has 1 aromatic heterocycles. The van der Waals surface area contributed by atoms with E-state index in [9.17, 15) is 0 Å². The van der Waals surface area contributed by atoms with Crippen LogP contribution in [0.15, 0.2) is 143 Å². The summed E-state index contributed by atoms with van der Waals surface area (Å²) >= 11 is 0. The van der Waals surface area contributed by atoms with E-state index < -0.39 is 0 Å². The number of anilines is 7. The average molecular weight is 1120 g/mol. The molecule has 7 aromatic rings. The first-order valence-electron chi connectivity index (χ1n) is 33.3. The third kappa shape index (κ3) is 7.34. The smallest absolute Gasteiger partial charge is 0.232 e. The van der Waals surface area contributed by atoms with Crippen LogP contribution in [0.25, 0.3) is 22.1 Å². The molecule has 0 spiro atoms. The Bertz CT molecular complexity index is 4070. The fourth-order valence-corrected chi connectivity index (χ4v) is 19.5. The highest BCUT2D eigenvalue weighted by atomic mass is 16.4. The molecule has 0 radical (unpaired) electrons. The molecule has 85 heavy (non-hydrogen) atoms. The molecule has 3 aliphatic heterocycles. The molecule has 7 aliphatic carbocycles. The van der Waals surface area contributed by atoms with Gasteiger partial charge in [-0.3, -0.25) is 4.90 Å². The average Bonchev–Trinajstić information content (AvgIpc) is 1.76. The summed E-state index contributed by atoms with van der Waals surface area (Å²) in [6.07, 6.45) is 20.1. The van der Waals surface area contributed by atoms with Crippen LogP contribution in [0, 0.1) is 10.8 Å². The molecule has 10 aliphatic rings. The second kappa shape index (κ2) is 17.3. The van der Waals surface area contributed by atoms with Crippen molar-refractivity contribution >= 4 is 68.6 Å². The first-order valence-corrected chi connectivity index (χ1v) is 33.3. The number of nitrogens with zero attached hydrogens (tertiary/aromatic N) is 3. The Morgan fingerprint density at radius 2 is 1.11 bits per heavy atom. The van der Waals surface area contributed by atoms with Gasteiger partial charge in [-0.1, -0.05) is 183 Å². The van der Waals surface area contributed by atoms with Gasteiger partial charge in [0.2, 0.25) is 12.6 Å². The van der Waals surface area contributed by atoms with Gasteiger partial charge in [-0.05, 0) is 230 Å². The molecule has 4 unspecified atom stereocenters. The van der Waals surface area contributed by atoms with Crippen LogP contribution in [0.2, 0.25) is 5.82 Å². The molecule has 0 saturated heterocycles. The predicted molar refractivity (Wildman–Crippen MR) is 360 cm³/mol. The molecular formula is C80H92BN3O. The first kappa shape index (κ1) is 54.2. The predicted octanol–water partition coefficient (Wildman–Crippen LogP) is 20.6. The van der Waals surface area contributed by atoms with Gasteiger partial charge >= 0.3 is 0 Å². The van der Waals surface area contributed by atoms with Crippen molar-refractivity contribution in [3.8, 4) is 11.1 Å². The Kier molecular flexibility index (Phi) is 11.0. The molecular weight excluding hydrogens is 1030 g/mol. The van der Waals surface area contributed by atoms with Crippen molar-refractivity contribution in [1.82, 2.24) is 0 Å². The number of benzene rings is 6. The van der Waals surface area contributed by atoms with E-state index in [1.165, 1.54) is 154 Å². The van der Waals surface area contributed by atoms with Gasteiger partial charge in [0.25, 0.3) is 0 Å². The van der Waals surface area contributed by atoms with Crippen LogP contribution in [0.3, 0.4) is 0 Å². The number of rotatable bonds is 4. The number of para-hydroxylation sites is 1. The van der Waals surface area contributed by atoms with E-state index in [0.717, 1.165) is 24.3 Å². The Morgan fingerprint density at radius 1 is 0.482 bits per heavy atom. The monoisotopic (exact) mass is 1120 g/mol. The van der Waals surface area contributed by atoms with Gasteiger partial charge in [0.05, 0.1) is 11.6 Å². The van der Waals surface area contributed by atoms with Gasteiger partial charge in [-0.2, -0.15) is 0 Å². The summed E-state index contributed by atoms with van der Waals surface area (Å²) in [5.74, 6) is 1.11. The minimum Gasteiger partial charge on any atom is -0.440 e. The second-order valence-electron chi connectivity index (χ2n) is 33.4. The largest absolute Gasteiger partial charge is 0.440 e. The van der Waals surface area contributed by atoms with Gasteiger partial charge in [0, 0.05) is 50.5 Å². The standard InChI is InChI=1S/C80H92BN3O/c1-72(2,3)50-27-30-63(53(41-50)49-23-17-16-18-24-49)83-65-47-59-58(75(8,9)35-36-76(59,10)11)46-62(65)81-69-54-45-60-61(78(13)39-37-77(60,12)38-40-78)48-68(54)85-71(69)82(51-28-29-55-57(42-51)74(6,7)34-33-73(55,4)5)66-43-52(44-67(83)70(66)81)84-64-26-20-19-25-56(64)79(14)31-21-22-32-80(79,84)15/h16-20,23-30,41-48,62,65H,21-22,31-40H2,1-15H3. The normalized spacial score (nSPS) is 29.4. The van der Waals surface area contributed by atoms with Gasteiger partial charge in [0.1, 0.15) is 5.58 Å². The minimum absolute atomic E-state index is 0.00179. The lowest BCUT2D eigenvalue weighted by atomic mass is 9.28. The number of hydrogen-bond donors (Lipinski definition) is 0. The number of fused-ring (bicyclic) bond motifs is 13. The van der Waals surface area contributed by atoms with Crippen molar-refractivity contribution < 1.29 is 4.42 Å². The molecule has 0 N–H and O–H groups in total. The Hall–Kier alpha value is -6.20. The maximum absolute atomic E-state index is 8.00. The molecule has 17 rings (SSSR count). The van der Waals surface area contributed by atoms with Crippen LogP contribution >= 0.6 is 0 Å². The fourth-order valence-electron chi connectivity index (χ4n) is 19.5. The van der Waals surface area contributed by atoms with Crippen LogP contribution in [0.5, 0.6) is 0 Å². The molecule has 0 amide bonds. The number of furan rings is 1. The van der Waals surface area contributed by atoms with E-state index in [2.05, 4.69) is 246 Å². The third-order valence-electron chi connectivity index (χ3n) is 25.5. The highest BCUT2D eigenvalue weighted by molar-refractivity contribution is 6.93. The third-order valence-corrected chi connectivity index (χ3v) is 25.5. The van der Waals surface area contributed by atoms with Crippen molar-refractivity contribution in [2.24, 2.45) is 10.8 Å². The van der Waals surface area contributed by atoms with Crippen LogP contribution in [0.1, 0.15) is 214 Å². The van der Waals surface area contributed by atoms with E-state index >= 15 is 0 Å². The molecule has 2 bridgehead atoms. The molecule has 3 saturated carbocycles. The van der Waals surface area contributed by atoms with E-state index in [0.29, 0.717) is 0 Å². The SMILES string of the molecule is CC1(C)CCC(C)(C)C2=CC3C(C=C21)B1c2c(cc(N4c5ccccc5C5(C)CCCCC45C)cc2N3c2ccc(C(C)(C)C)cc2-c2ccccc2)N(c2ccc3c(c2)C(C)(C)CCC3(C)C)c2oc3cc4c(cc3c21)C1(C)CCC4(C)CC1. The van der Waals surface area contributed by atoms with Crippen LogP contribution in [-0.2, 0) is 32.5 Å². The van der Waals surface area contributed by atoms with E-state index in [4.69, 9.17) is 4.42 Å². The maximum atomic E-state index is 8.00. The summed E-state index contributed by atoms with van der Waals surface area (Å²) in [6.45, 7) is 37.6. The zero-order chi connectivity index (χ0) is 59.1. The Balaban J connectivity index is 1.08. The van der Waals surface area contributed by atoms with E-state index in [-0.39, 0.29) is 67.4 Å². The first-order chi connectivity index (χ1) is 40.2. The summed E-state index contributed by atoms with van der Waals surface area (Å²) in [7, 11) is 0. The van der Waals surface area contributed by atoms with Crippen molar-refractivity contribution in [1.29, 1.82) is 0 Å². The van der Waals surface area contributed by atoms with E-state index in [1.807, 2.05) is 0 Å². The maximum Gasteiger partial charge on any atom is 0.232 e. The molecule has 4 atom stereocenters. The Labute approximate surface area is 509 Å². The van der Waals surface area contributed by atoms with Crippen LogP contribution in [-0.4, -0.2) is 18.3 Å². The van der Waals surface area contributed by atoms with Gasteiger partial charge in [0.15, 0.2) is 0 Å². The highest BCUT2D eigenvalue weighted by Crippen LogP contribution is 2.65. The quantitative estimate of drug-likeness (QED) is 0.164. The number of allylic oxidation sites excluding steroid dienone is 2. The highest BCUT2D eigenvalue weighted by Gasteiger charge is 2.60. The number of hydrogen-bond acceptors (Lipinski definition) is 4. The summed E-state index contributed by atoms with van der Waals surface area (Å²) in [6, 6.07) is 46.8. The zero-order valence-corrected chi connectivity index (χ0v) is 54.1. The summed E-state index contributed by atoms with van der Waals surface area (Å²) < 4.78 is 8.00. The molecule has 5 heteroatoms. The lowest BCUT2D eigenvalue weighted by Crippen LogP contribution is -2.62. The molecule has 4 nitrogen and oxygen atoms in total. The molecule has 6 aromatic carbocycles. The lowest BCUT2D eigenvalue weighted by molar-refractivity contribution is 0.188. The van der Waals surface area contributed by atoms with Crippen molar-refractivity contribution in [3.63, 3.8) is 0 Å². The van der Waals surface area contributed by atoms with Crippen molar-refractivity contribution in [2.45, 2.75) is 231 Å². The van der Waals surface area contributed by atoms with Crippen LogP contribution < -0.4 is 25.6 Å². The van der Waals surface area contributed by atoms with Gasteiger partial charge in [-0.15, -0.1) is 0 Å². The van der Waals surface area contributed by atoms with Gasteiger partial charge in [-0.25, -0.2) is 0 Å². The summed E-state index contributed by atoms with van der Waals surface area (Å²) in [5, 5.41) is 1.32.